The second-order valence-corrected chi connectivity index (χ2v) is 7.88. The van der Waals surface area contributed by atoms with Crippen LogP contribution in [0.25, 0.3) is 0 Å². The van der Waals surface area contributed by atoms with Crippen LogP contribution in [0.1, 0.15) is 52.5 Å². The zero-order valence-corrected chi connectivity index (χ0v) is 18.6. The van der Waals surface area contributed by atoms with Gasteiger partial charge in [-0.1, -0.05) is 19.9 Å². The van der Waals surface area contributed by atoms with Gasteiger partial charge in [0, 0.05) is 39.0 Å². The van der Waals surface area contributed by atoms with Crippen LogP contribution in [0.5, 0.6) is 0 Å². The van der Waals surface area contributed by atoms with Crippen molar-refractivity contribution in [2.24, 2.45) is 10.4 Å². The number of aliphatic hydroxyl groups is 1. The van der Waals surface area contributed by atoms with Gasteiger partial charge in [0.25, 0.3) is 0 Å². The Morgan fingerprint density at radius 3 is 2.69 bits per heavy atom. The van der Waals surface area contributed by atoms with Gasteiger partial charge >= 0.3 is 0 Å². The predicted molar refractivity (Wildman–Crippen MR) is 119 cm³/mol. The number of hydrogen-bond acceptors (Lipinski definition) is 5. The SMILES string of the molecule is CCNC(=NCc1ccc(N2CCOC(C)C2)nc1)NCC(CC)(CC)CCO. The van der Waals surface area contributed by atoms with Crippen molar-refractivity contribution in [1.29, 1.82) is 0 Å². The van der Waals surface area contributed by atoms with Gasteiger partial charge in [-0.3, -0.25) is 0 Å². The molecule has 1 unspecified atom stereocenters. The van der Waals surface area contributed by atoms with Crippen molar-refractivity contribution < 1.29 is 9.84 Å². The summed E-state index contributed by atoms with van der Waals surface area (Å²) < 4.78 is 5.60. The Bertz CT molecular complexity index is 616. The summed E-state index contributed by atoms with van der Waals surface area (Å²) in [5.74, 6) is 1.81. The van der Waals surface area contributed by atoms with E-state index in [4.69, 9.17) is 9.73 Å². The Hall–Kier alpha value is -1.86. The number of nitrogens with one attached hydrogen (secondary N) is 2. The van der Waals surface area contributed by atoms with Crippen molar-refractivity contribution >= 4 is 11.8 Å². The Kier molecular flexibility index (Phi) is 9.67. The van der Waals surface area contributed by atoms with E-state index in [0.717, 1.165) is 69.4 Å². The number of guanidine groups is 1. The maximum absolute atomic E-state index is 9.42. The molecule has 0 amide bonds. The Morgan fingerprint density at radius 1 is 1.31 bits per heavy atom. The molecule has 1 saturated heterocycles. The first-order chi connectivity index (χ1) is 14.1. The molecule has 3 N–H and O–H groups in total. The van der Waals surface area contributed by atoms with Crippen LogP contribution in [-0.2, 0) is 11.3 Å². The van der Waals surface area contributed by atoms with Gasteiger partial charge in [-0.05, 0) is 50.2 Å². The molecule has 7 nitrogen and oxygen atoms in total. The number of aromatic nitrogens is 1. The highest BCUT2D eigenvalue weighted by molar-refractivity contribution is 5.79. The van der Waals surface area contributed by atoms with E-state index in [0.29, 0.717) is 6.54 Å². The number of aliphatic imine (C=N–C) groups is 1. The molecule has 1 fully saturated rings. The van der Waals surface area contributed by atoms with Crippen LogP contribution in [-0.4, -0.2) is 61.5 Å². The van der Waals surface area contributed by atoms with E-state index in [1.54, 1.807) is 0 Å². The summed E-state index contributed by atoms with van der Waals surface area (Å²) in [6.45, 7) is 13.5. The van der Waals surface area contributed by atoms with Crippen LogP contribution >= 0.6 is 0 Å². The minimum atomic E-state index is 0.101. The lowest BCUT2D eigenvalue weighted by molar-refractivity contribution is 0.0529. The van der Waals surface area contributed by atoms with E-state index in [1.165, 1.54) is 0 Å². The highest BCUT2D eigenvalue weighted by Gasteiger charge is 2.25. The number of morpholine rings is 1. The summed E-state index contributed by atoms with van der Waals surface area (Å²) >= 11 is 0. The average Bonchev–Trinajstić information content (AvgIpc) is 2.75. The normalized spacial score (nSPS) is 18.0. The number of nitrogens with zero attached hydrogens (tertiary/aromatic N) is 3. The second-order valence-electron chi connectivity index (χ2n) is 7.88. The third-order valence-electron chi connectivity index (χ3n) is 5.91. The molecule has 0 aromatic carbocycles. The highest BCUT2D eigenvalue weighted by Crippen LogP contribution is 2.29. The zero-order valence-electron chi connectivity index (χ0n) is 18.6. The van der Waals surface area contributed by atoms with Crippen LogP contribution in [0.3, 0.4) is 0 Å². The van der Waals surface area contributed by atoms with E-state index < -0.39 is 0 Å². The molecule has 0 aliphatic carbocycles. The molecule has 2 heterocycles. The minimum absolute atomic E-state index is 0.101. The topological polar surface area (TPSA) is 82.0 Å². The lowest BCUT2D eigenvalue weighted by Gasteiger charge is -2.32. The van der Waals surface area contributed by atoms with Crippen LogP contribution in [0, 0.1) is 5.41 Å². The first kappa shape index (κ1) is 23.4. The lowest BCUT2D eigenvalue weighted by Crippen LogP contribution is -2.43. The van der Waals surface area contributed by atoms with Crippen molar-refractivity contribution in [2.45, 2.75) is 59.6 Å². The number of ether oxygens (including phenoxy) is 1. The molecule has 7 heteroatoms. The Balaban J connectivity index is 1.96. The summed E-state index contributed by atoms with van der Waals surface area (Å²) in [4.78, 5) is 11.6. The molecule has 0 radical (unpaired) electrons. The third-order valence-corrected chi connectivity index (χ3v) is 5.91. The smallest absolute Gasteiger partial charge is 0.191 e. The summed E-state index contributed by atoms with van der Waals surface area (Å²) in [5.41, 5.74) is 1.18. The van der Waals surface area contributed by atoms with Crippen molar-refractivity contribution in [2.75, 3.05) is 44.3 Å². The second kappa shape index (κ2) is 12.0. The number of hydrogen-bond donors (Lipinski definition) is 3. The first-order valence-electron chi connectivity index (χ1n) is 11.0. The van der Waals surface area contributed by atoms with Crippen LogP contribution in [0.15, 0.2) is 23.3 Å². The summed E-state index contributed by atoms with van der Waals surface area (Å²) in [6, 6.07) is 4.17. The number of pyridine rings is 1. The van der Waals surface area contributed by atoms with Crippen LogP contribution < -0.4 is 15.5 Å². The van der Waals surface area contributed by atoms with E-state index in [-0.39, 0.29) is 18.1 Å². The van der Waals surface area contributed by atoms with Crippen LogP contribution in [0.2, 0.25) is 0 Å². The van der Waals surface area contributed by atoms with E-state index in [2.05, 4.69) is 60.3 Å². The van der Waals surface area contributed by atoms with Gasteiger partial charge < -0.3 is 25.4 Å². The van der Waals surface area contributed by atoms with E-state index >= 15 is 0 Å². The summed E-state index contributed by atoms with van der Waals surface area (Å²) in [6.07, 6.45) is 5.02. The Labute approximate surface area is 176 Å². The predicted octanol–water partition coefficient (Wildman–Crippen LogP) is 2.55. The van der Waals surface area contributed by atoms with Gasteiger partial charge in [0.1, 0.15) is 5.82 Å². The van der Waals surface area contributed by atoms with Gasteiger partial charge in [0.15, 0.2) is 5.96 Å². The third kappa shape index (κ3) is 7.16. The number of aliphatic hydroxyl groups excluding tert-OH is 1. The van der Waals surface area contributed by atoms with Gasteiger partial charge in [-0.2, -0.15) is 0 Å². The van der Waals surface area contributed by atoms with Gasteiger partial charge in [0.05, 0.1) is 19.3 Å². The fourth-order valence-electron chi connectivity index (χ4n) is 3.69. The standard InChI is InChI=1S/C22H39N5O2/c1-5-22(6-2,10-12-28)17-26-21(23-7-3)25-15-19-8-9-20(24-14-19)27-11-13-29-18(4)16-27/h8-9,14,18,28H,5-7,10-13,15-17H2,1-4H3,(H2,23,25,26). The molecule has 0 spiro atoms. The fraction of sp³-hybridized carbons (Fsp3) is 0.727. The first-order valence-corrected chi connectivity index (χ1v) is 11.0. The van der Waals surface area contributed by atoms with E-state index in [1.807, 2.05) is 6.20 Å². The van der Waals surface area contributed by atoms with Gasteiger partial charge in [-0.25, -0.2) is 9.98 Å². The van der Waals surface area contributed by atoms with E-state index in [9.17, 15) is 5.11 Å². The molecule has 1 aliphatic rings. The minimum Gasteiger partial charge on any atom is -0.396 e. The molecular weight excluding hydrogens is 366 g/mol. The highest BCUT2D eigenvalue weighted by atomic mass is 16.5. The quantitative estimate of drug-likeness (QED) is 0.410. The Morgan fingerprint density at radius 2 is 2.10 bits per heavy atom. The molecule has 0 bridgehead atoms. The molecular formula is C22H39N5O2. The largest absolute Gasteiger partial charge is 0.396 e. The van der Waals surface area contributed by atoms with Crippen molar-refractivity contribution in [1.82, 2.24) is 15.6 Å². The molecule has 0 saturated carbocycles. The van der Waals surface area contributed by atoms with Crippen LogP contribution in [0.4, 0.5) is 5.82 Å². The van der Waals surface area contributed by atoms with Crippen molar-refractivity contribution in [3.8, 4) is 0 Å². The van der Waals surface area contributed by atoms with Crippen molar-refractivity contribution in [3.05, 3.63) is 23.9 Å². The monoisotopic (exact) mass is 405 g/mol. The van der Waals surface area contributed by atoms with Gasteiger partial charge in [-0.15, -0.1) is 0 Å². The number of anilines is 1. The fourth-order valence-corrected chi connectivity index (χ4v) is 3.69. The maximum atomic E-state index is 9.42. The lowest BCUT2D eigenvalue weighted by atomic mass is 9.79. The molecule has 1 aliphatic heterocycles. The van der Waals surface area contributed by atoms with Crippen molar-refractivity contribution in [3.63, 3.8) is 0 Å². The summed E-state index contributed by atoms with van der Waals surface area (Å²) in [5, 5.41) is 16.2. The molecule has 1 aromatic heterocycles. The molecule has 1 aromatic rings. The van der Waals surface area contributed by atoms with Gasteiger partial charge in [0.2, 0.25) is 0 Å². The number of rotatable bonds is 10. The zero-order chi connectivity index (χ0) is 21.1. The molecule has 2 rings (SSSR count). The summed E-state index contributed by atoms with van der Waals surface area (Å²) in [7, 11) is 0. The molecule has 29 heavy (non-hydrogen) atoms. The molecule has 1 atom stereocenters. The average molecular weight is 406 g/mol. The maximum Gasteiger partial charge on any atom is 0.191 e. The molecule has 164 valence electrons.